The Morgan fingerprint density at radius 1 is 1.30 bits per heavy atom. The third kappa shape index (κ3) is 2.10. The fourth-order valence-electron chi connectivity index (χ4n) is 2.63. The lowest BCUT2D eigenvalue weighted by Crippen LogP contribution is -2.34. The van der Waals surface area contributed by atoms with E-state index in [-0.39, 0.29) is 17.7 Å². The van der Waals surface area contributed by atoms with Crippen LogP contribution in [-0.2, 0) is 4.79 Å². The molecule has 0 bridgehead atoms. The quantitative estimate of drug-likeness (QED) is 0.849. The first-order valence-electron chi connectivity index (χ1n) is 6.28. The average molecular weight is 333 g/mol. The molecule has 0 radical (unpaired) electrons. The van der Waals surface area contributed by atoms with Crippen LogP contribution < -0.4 is 0 Å². The first-order chi connectivity index (χ1) is 9.58. The Morgan fingerprint density at radius 2 is 2.00 bits per heavy atom. The van der Waals surface area contributed by atoms with Crippen molar-refractivity contribution < 1.29 is 4.79 Å². The largest absolute Gasteiger partial charge is 0.299 e. The van der Waals surface area contributed by atoms with Gasteiger partial charge >= 0.3 is 0 Å². The van der Waals surface area contributed by atoms with Gasteiger partial charge in [0.15, 0.2) is 0 Å². The molecule has 0 spiro atoms. The Kier molecular flexibility index (Phi) is 3.25. The third-order valence-electron chi connectivity index (χ3n) is 3.51. The average Bonchev–Trinajstić information content (AvgIpc) is 2.85. The lowest BCUT2D eigenvalue weighted by atomic mass is 9.86. The minimum Gasteiger partial charge on any atom is -0.299 e. The summed E-state index contributed by atoms with van der Waals surface area (Å²) in [6.45, 7) is 3.47. The van der Waals surface area contributed by atoms with E-state index in [4.69, 9.17) is 0 Å². The molecule has 3 rings (SSSR count). The number of aliphatic imine (C=N–C) groups is 1. The summed E-state index contributed by atoms with van der Waals surface area (Å²) in [5.41, 5.74) is 1.81. The highest BCUT2D eigenvalue weighted by molar-refractivity contribution is 9.10. The number of hydrogen-bond acceptors (Lipinski definition) is 4. The lowest BCUT2D eigenvalue weighted by Gasteiger charge is -2.29. The monoisotopic (exact) mass is 332 g/mol. The van der Waals surface area contributed by atoms with Crippen LogP contribution in [0.1, 0.15) is 25.5 Å². The van der Waals surface area contributed by atoms with E-state index in [1.165, 1.54) is 6.33 Å². The first-order valence-corrected chi connectivity index (χ1v) is 7.08. The van der Waals surface area contributed by atoms with Crippen molar-refractivity contribution in [3.8, 4) is 0 Å². The van der Waals surface area contributed by atoms with Gasteiger partial charge in [0.1, 0.15) is 12.1 Å². The maximum absolute atomic E-state index is 12.0. The lowest BCUT2D eigenvalue weighted by molar-refractivity contribution is -0.119. The molecule has 2 unspecified atom stereocenters. The van der Waals surface area contributed by atoms with Crippen molar-refractivity contribution in [3.63, 3.8) is 0 Å². The number of hydrogen-bond donors (Lipinski definition) is 0. The first kappa shape index (κ1) is 13.2. The Bertz CT molecular complexity index is 689. The number of ketones is 1. The topological polar surface area (TPSA) is 60.1 Å². The van der Waals surface area contributed by atoms with Gasteiger partial charge in [0.05, 0.1) is 12.0 Å². The second kappa shape index (κ2) is 4.94. The number of aromatic nitrogens is 3. The zero-order valence-electron chi connectivity index (χ0n) is 11.1. The molecular weight excluding hydrogens is 320 g/mol. The Labute approximate surface area is 124 Å². The number of carbonyl (C=O) groups is 1. The molecule has 2 atom stereocenters. The van der Waals surface area contributed by atoms with Gasteiger partial charge in [0.25, 0.3) is 0 Å². The molecule has 6 heteroatoms. The maximum Gasteiger partial charge on any atom is 0.248 e. The Morgan fingerprint density at radius 3 is 2.65 bits per heavy atom. The summed E-state index contributed by atoms with van der Waals surface area (Å²) in [7, 11) is 0. The summed E-state index contributed by atoms with van der Waals surface area (Å²) in [4.78, 5) is 20.6. The van der Waals surface area contributed by atoms with Crippen LogP contribution in [0.5, 0.6) is 0 Å². The summed E-state index contributed by atoms with van der Waals surface area (Å²) in [5, 5.41) is 4.24. The van der Waals surface area contributed by atoms with E-state index in [1.54, 1.807) is 11.6 Å². The standard InChI is InChI=1S/C14H13BrN4O/c1-8-12(9(2)20)13(10-3-5-11(15)6-4-10)19-14(18-8)16-7-17-19/h3-7,12-13H,1-2H3. The van der Waals surface area contributed by atoms with Crippen molar-refractivity contribution in [2.75, 3.05) is 0 Å². The van der Waals surface area contributed by atoms with Gasteiger partial charge in [0.2, 0.25) is 5.95 Å². The predicted octanol–water partition coefficient (Wildman–Crippen LogP) is 2.94. The summed E-state index contributed by atoms with van der Waals surface area (Å²) in [6, 6.07) is 7.73. The van der Waals surface area contributed by atoms with Gasteiger partial charge < -0.3 is 0 Å². The highest BCUT2D eigenvalue weighted by Crippen LogP contribution is 2.35. The number of fused-ring (bicyclic) bond motifs is 1. The molecule has 20 heavy (non-hydrogen) atoms. The molecule has 102 valence electrons. The highest BCUT2D eigenvalue weighted by atomic mass is 79.9. The smallest absolute Gasteiger partial charge is 0.248 e. The number of carbonyl (C=O) groups excluding carboxylic acids is 1. The summed E-state index contributed by atoms with van der Waals surface area (Å²) < 4.78 is 2.73. The van der Waals surface area contributed by atoms with Crippen LogP contribution in [0.2, 0.25) is 0 Å². The third-order valence-corrected chi connectivity index (χ3v) is 4.04. The van der Waals surface area contributed by atoms with Crippen molar-refractivity contribution >= 4 is 33.4 Å². The molecule has 0 N–H and O–H groups in total. The van der Waals surface area contributed by atoms with Crippen LogP contribution in [0.4, 0.5) is 5.95 Å². The van der Waals surface area contributed by atoms with E-state index in [1.807, 2.05) is 31.2 Å². The number of rotatable bonds is 2. The van der Waals surface area contributed by atoms with Crippen molar-refractivity contribution in [2.45, 2.75) is 19.9 Å². The van der Waals surface area contributed by atoms with Crippen LogP contribution in [0.25, 0.3) is 0 Å². The number of benzene rings is 1. The second-order valence-electron chi connectivity index (χ2n) is 4.84. The van der Waals surface area contributed by atoms with Gasteiger partial charge in [-0.2, -0.15) is 10.1 Å². The van der Waals surface area contributed by atoms with Gasteiger partial charge in [-0.25, -0.2) is 9.67 Å². The minimum absolute atomic E-state index is 0.0836. The molecule has 1 aromatic carbocycles. The molecule has 1 aliphatic heterocycles. The van der Waals surface area contributed by atoms with Crippen molar-refractivity contribution in [3.05, 3.63) is 40.6 Å². The van der Waals surface area contributed by atoms with E-state index in [2.05, 4.69) is 31.0 Å². The van der Waals surface area contributed by atoms with Gasteiger partial charge in [-0.3, -0.25) is 4.79 Å². The molecule has 2 heterocycles. The van der Waals surface area contributed by atoms with Gasteiger partial charge in [-0.1, -0.05) is 28.1 Å². The van der Waals surface area contributed by atoms with Crippen LogP contribution >= 0.6 is 15.9 Å². The predicted molar refractivity (Wildman–Crippen MR) is 79.2 cm³/mol. The minimum atomic E-state index is -0.301. The Hall–Kier alpha value is -1.82. The van der Waals surface area contributed by atoms with Crippen molar-refractivity contribution in [1.29, 1.82) is 0 Å². The number of Topliss-reactive ketones (excluding diaryl/α,β-unsaturated/α-hetero) is 1. The van der Waals surface area contributed by atoms with Crippen LogP contribution in [0.3, 0.4) is 0 Å². The molecule has 0 saturated heterocycles. The zero-order valence-corrected chi connectivity index (χ0v) is 12.7. The number of nitrogens with zero attached hydrogens (tertiary/aromatic N) is 4. The van der Waals surface area contributed by atoms with E-state index in [0.717, 1.165) is 15.7 Å². The van der Waals surface area contributed by atoms with Crippen molar-refractivity contribution in [2.24, 2.45) is 10.9 Å². The molecular formula is C14H13BrN4O. The molecule has 0 aliphatic carbocycles. The molecule has 2 aromatic rings. The van der Waals surface area contributed by atoms with E-state index < -0.39 is 0 Å². The summed E-state index contributed by atoms with van der Waals surface area (Å²) in [5.74, 6) is 0.332. The number of halogens is 1. The van der Waals surface area contributed by atoms with Crippen LogP contribution in [-0.4, -0.2) is 26.3 Å². The fraction of sp³-hybridized carbons (Fsp3) is 0.286. The molecule has 0 saturated carbocycles. The van der Waals surface area contributed by atoms with Crippen molar-refractivity contribution in [1.82, 2.24) is 14.8 Å². The van der Waals surface area contributed by atoms with Crippen LogP contribution in [0.15, 0.2) is 40.1 Å². The van der Waals surface area contributed by atoms with Gasteiger partial charge in [0, 0.05) is 10.2 Å². The zero-order chi connectivity index (χ0) is 14.3. The van der Waals surface area contributed by atoms with Gasteiger partial charge in [-0.05, 0) is 31.5 Å². The van der Waals surface area contributed by atoms with Gasteiger partial charge in [-0.15, -0.1) is 0 Å². The molecule has 1 aliphatic rings. The Balaban J connectivity index is 2.16. The van der Waals surface area contributed by atoms with E-state index in [9.17, 15) is 4.79 Å². The normalized spacial score (nSPS) is 21.2. The fourth-order valence-corrected chi connectivity index (χ4v) is 2.89. The molecule has 0 amide bonds. The highest BCUT2D eigenvalue weighted by Gasteiger charge is 2.36. The molecule has 1 aromatic heterocycles. The summed E-state index contributed by atoms with van der Waals surface area (Å²) in [6.07, 6.45) is 1.47. The van der Waals surface area contributed by atoms with E-state index >= 15 is 0 Å². The maximum atomic E-state index is 12.0. The van der Waals surface area contributed by atoms with E-state index in [0.29, 0.717) is 5.95 Å². The molecule has 0 fully saturated rings. The molecule has 5 nitrogen and oxygen atoms in total. The summed E-state index contributed by atoms with van der Waals surface area (Å²) >= 11 is 3.42. The SMILES string of the molecule is CC(=O)C1C(C)=Nc2ncnn2C1c1ccc(Br)cc1. The van der Waals surface area contributed by atoms with Crippen LogP contribution in [0, 0.1) is 5.92 Å². The second-order valence-corrected chi connectivity index (χ2v) is 5.76.